The van der Waals surface area contributed by atoms with E-state index in [1.807, 2.05) is 37.3 Å². The lowest BCUT2D eigenvalue weighted by molar-refractivity contribution is 0.339. The Bertz CT molecular complexity index is 542. The van der Waals surface area contributed by atoms with Crippen LogP contribution in [0.5, 0.6) is 17.2 Å². The summed E-state index contributed by atoms with van der Waals surface area (Å²) in [7, 11) is 0. The summed E-state index contributed by atoms with van der Waals surface area (Å²) >= 11 is 0. The zero-order valence-corrected chi connectivity index (χ0v) is 9.96. The van der Waals surface area contributed by atoms with Crippen molar-refractivity contribution in [3.05, 3.63) is 48.3 Å². The smallest absolute Gasteiger partial charge is 0.145 e. The van der Waals surface area contributed by atoms with Crippen LogP contribution in [-0.4, -0.2) is 11.6 Å². The van der Waals surface area contributed by atoms with Crippen molar-refractivity contribution in [3.8, 4) is 23.3 Å². The Hall–Kier alpha value is -2.54. The molecule has 90 valence electrons. The van der Waals surface area contributed by atoms with Gasteiger partial charge in [-0.1, -0.05) is 0 Å². The van der Waals surface area contributed by atoms with E-state index in [4.69, 9.17) is 14.7 Å². The average molecular weight is 240 g/mol. The molecule has 0 aliphatic heterocycles. The van der Waals surface area contributed by atoms with Crippen LogP contribution < -0.4 is 9.47 Å². The van der Waals surface area contributed by atoms with Gasteiger partial charge < -0.3 is 9.47 Å². The number of aromatic nitrogens is 1. The van der Waals surface area contributed by atoms with Crippen LogP contribution in [0.3, 0.4) is 0 Å². The van der Waals surface area contributed by atoms with E-state index in [0.29, 0.717) is 23.8 Å². The highest BCUT2D eigenvalue weighted by molar-refractivity contribution is 5.35. The Balaban J connectivity index is 2.06. The highest BCUT2D eigenvalue weighted by atomic mass is 16.5. The minimum atomic E-state index is 0.369. The molecule has 2 aromatic rings. The Kier molecular flexibility index (Phi) is 3.77. The Morgan fingerprint density at radius 2 is 1.72 bits per heavy atom. The van der Waals surface area contributed by atoms with Crippen molar-refractivity contribution in [1.29, 1.82) is 5.26 Å². The molecule has 0 saturated heterocycles. The molecule has 0 fully saturated rings. The molecule has 2 rings (SSSR count). The van der Waals surface area contributed by atoms with Crippen molar-refractivity contribution in [2.24, 2.45) is 0 Å². The highest BCUT2D eigenvalue weighted by Crippen LogP contribution is 2.23. The summed E-state index contributed by atoms with van der Waals surface area (Å²) in [4.78, 5) is 3.93. The van der Waals surface area contributed by atoms with Crippen LogP contribution in [0.15, 0.2) is 42.6 Å². The molecule has 0 atom stereocenters. The summed E-state index contributed by atoms with van der Waals surface area (Å²) in [6.45, 7) is 2.58. The van der Waals surface area contributed by atoms with Gasteiger partial charge in [0.1, 0.15) is 29.0 Å². The van der Waals surface area contributed by atoms with E-state index < -0.39 is 0 Å². The molecule has 1 heterocycles. The van der Waals surface area contributed by atoms with Gasteiger partial charge >= 0.3 is 0 Å². The van der Waals surface area contributed by atoms with Crippen LogP contribution in [0.4, 0.5) is 0 Å². The molecule has 0 saturated carbocycles. The van der Waals surface area contributed by atoms with Gasteiger partial charge in [0.15, 0.2) is 0 Å². The molecule has 4 heteroatoms. The molecule has 0 N–H and O–H groups in total. The first-order valence-corrected chi connectivity index (χ1v) is 5.58. The van der Waals surface area contributed by atoms with Crippen molar-refractivity contribution < 1.29 is 9.47 Å². The van der Waals surface area contributed by atoms with Crippen LogP contribution in [0, 0.1) is 11.3 Å². The van der Waals surface area contributed by atoms with Gasteiger partial charge in [0, 0.05) is 0 Å². The van der Waals surface area contributed by atoms with Gasteiger partial charge in [-0.2, -0.15) is 5.26 Å². The number of hydrogen-bond acceptors (Lipinski definition) is 4. The van der Waals surface area contributed by atoms with Gasteiger partial charge in [-0.25, -0.2) is 4.98 Å². The van der Waals surface area contributed by atoms with Crippen LogP contribution in [0.25, 0.3) is 0 Å². The third-order valence-electron chi connectivity index (χ3n) is 2.22. The van der Waals surface area contributed by atoms with Crippen LogP contribution >= 0.6 is 0 Å². The maximum Gasteiger partial charge on any atom is 0.145 e. The van der Waals surface area contributed by atoms with Crippen molar-refractivity contribution in [2.75, 3.05) is 6.61 Å². The Morgan fingerprint density at radius 3 is 2.28 bits per heavy atom. The molecule has 1 aromatic heterocycles. The predicted octanol–water partition coefficient (Wildman–Crippen LogP) is 3.14. The van der Waals surface area contributed by atoms with Crippen molar-refractivity contribution in [3.63, 3.8) is 0 Å². The van der Waals surface area contributed by atoms with Gasteiger partial charge in [-0.15, -0.1) is 0 Å². The number of pyridine rings is 1. The molecule has 18 heavy (non-hydrogen) atoms. The summed E-state index contributed by atoms with van der Waals surface area (Å²) in [5.41, 5.74) is 0.369. The molecule has 0 spiro atoms. The quantitative estimate of drug-likeness (QED) is 0.823. The third kappa shape index (κ3) is 2.98. The molecule has 0 radical (unpaired) electrons. The number of hydrogen-bond donors (Lipinski definition) is 0. The summed E-state index contributed by atoms with van der Waals surface area (Å²) in [6, 6.07) is 12.6. The SMILES string of the molecule is CCOc1ccc(Oc2ccc(C#N)nc2)cc1. The minimum absolute atomic E-state index is 0.369. The van der Waals surface area contributed by atoms with Gasteiger partial charge in [-0.3, -0.25) is 0 Å². The lowest BCUT2D eigenvalue weighted by Gasteiger charge is -2.06. The van der Waals surface area contributed by atoms with Gasteiger partial charge in [-0.05, 0) is 43.3 Å². The monoisotopic (exact) mass is 240 g/mol. The van der Waals surface area contributed by atoms with Crippen LogP contribution in [0.1, 0.15) is 12.6 Å². The number of nitrogens with zero attached hydrogens (tertiary/aromatic N) is 2. The summed E-state index contributed by atoms with van der Waals surface area (Å²) in [5.74, 6) is 2.10. The summed E-state index contributed by atoms with van der Waals surface area (Å²) in [6.07, 6.45) is 1.52. The van der Waals surface area contributed by atoms with E-state index in [-0.39, 0.29) is 0 Å². The second-order valence-corrected chi connectivity index (χ2v) is 3.50. The number of ether oxygens (including phenoxy) is 2. The molecule has 0 aliphatic rings. The molecule has 0 aliphatic carbocycles. The van der Waals surface area contributed by atoms with Gasteiger partial charge in [0.25, 0.3) is 0 Å². The number of nitriles is 1. The molecule has 0 bridgehead atoms. The second-order valence-electron chi connectivity index (χ2n) is 3.50. The maximum atomic E-state index is 8.63. The fourth-order valence-corrected chi connectivity index (χ4v) is 1.41. The highest BCUT2D eigenvalue weighted by Gasteiger charge is 1.99. The first-order chi connectivity index (χ1) is 8.81. The summed E-state index contributed by atoms with van der Waals surface area (Å²) in [5, 5.41) is 8.63. The molecular weight excluding hydrogens is 228 g/mol. The predicted molar refractivity (Wildman–Crippen MR) is 66.6 cm³/mol. The van der Waals surface area contributed by atoms with Crippen LogP contribution in [-0.2, 0) is 0 Å². The zero-order chi connectivity index (χ0) is 12.8. The minimum Gasteiger partial charge on any atom is -0.494 e. The molecule has 1 aromatic carbocycles. The lowest BCUT2D eigenvalue weighted by Crippen LogP contribution is -1.91. The first-order valence-electron chi connectivity index (χ1n) is 5.58. The Morgan fingerprint density at radius 1 is 1.06 bits per heavy atom. The summed E-state index contributed by atoms with van der Waals surface area (Å²) < 4.78 is 10.9. The fraction of sp³-hybridized carbons (Fsp3) is 0.143. The largest absolute Gasteiger partial charge is 0.494 e. The number of benzene rings is 1. The first kappa shape index (κ1) is 11.9. The number of rotatable bonds is 4. The lowest BCUT2D eigenvalue weighted by atomic mass is 10.3. The molecule has 0 amide bonds. The second kappa shape index (κ2) is 5.69. The molecule has 0 unspecified atom stereocenters. The van der Waals surface area contributed by atoms with Crippen LogP contribution in [0.2, 0.25) is 0 Å². The van der Waals surface area contributed by atoms with Crippen molar-refractivity contribution >= 4 is 0 Å². The maximum absolute atomic E-state index is 8.63. The Labute approximate surface area is 105 Å². The van der Waals surface area contributed by atoms with Crippen molar-refractivity contribution in [2.45, 2.75) is 6.92 Å². The van der Waals surface area contributed by atoms with E-state index in [1.54, 1.807) is 12.1 Å². The molecule has 4 nitrogen and oxygen atoms in total. The van der Waals surface area contributed by atoms with Gasteiger partial charge in [0.2, 0.25) is 0 Å². The topological polar surface area (TPSA) is 55.1 Å². The normalized spacial score (nSPS) is 9.56. The standard InChI is InChI=1S/C14H12N2O2/c1-2-17-12-5-7-13(8-6-12)18-14-4-3-11(9-15)16-10-14/h3-8,10H,2H2,1H3. The van der Waals surface area contributed by atoms with E-state index in [0.717, 1.165) is 5.75 Å². The van der Waals surface area contributed by atoms with E-state index in [1.165, 1.54) is 6.20 Å². The van der Waals surface area contributed by atoms with E-state index in [9.17, 15) is 0 Å². The van der Waals surface area contributed by atoms with Gasteiger partial charge in [0.05, 0.1) is 12.8 Å². The zero-order valence-electron chi connectivity index (χ0n) is 9.96. The van der Waals surface area contributed by atoms with E-state index >= 15 is 0 Å². The van der Waals surface area contributed by atoms with Crippen molar-refractivity contribution in [1.82, 2.24) is 4.98 Å². The van der Waals surface area contributed by atoms with E-state index in [2.05, 4.69) is 4.98 Å². The fourth-order valence-electron chi connectivity index (χ4n) is 1.41. The average Bonchev–Trinajstić information content (AvgIpc) is 2.42. The molecular formula is C14H12N2O2. The third-order valence-corrected chi connectivity index (χ3v) is 2.22.